The van der Waals surface area contributed by atoms with E-state index in [1.807, 2.05) is 36.9 Å². The molecule has 1 unspecified atom stereocenters. The second-order valence-electron chi connectivity index (χ2n) is 4.97. The number of hydrogen-bond acceptors (Lipinski definition) is 3. The van der Waals surface area contributed by atoms with E-state index in [-0.39, 0.29) is 12.0 Å². The van der Waals surface area contributed by atoms with E-state index < -0.39 is 0 Å². The molecular weight excluding hydrogens is 240 g/mol. The Morgan fingerprint density at radius 2 is 2.16 bits per heavy atom. The summed E-state index contributed by atoms with van der Waals surface area (Å²) in [5.41, 5.74) is 7.55. The van der Waals surface area contributed by atoms with Crippen LogP contribution in [0.5, 0.6) is 5.75 Å². The van der Waals surface area contributed by atoms with Crippen LogP contribution in [0.25, 0.3) is 0 Å². The first-order valence-electron chi connectivity index (χ1n) is 6.96. The number of amides is 1. The zero-order valence-electron chi connectivity index (χ0n) is 11.7. The number of unbranched alkanes of at least 4 members (excludes halogenated alkanes) is 1. The first-order chi connectivity index (χ1) is 9.17. The van der Waals surface area contributed by atoms with Crippen molar-refractivity contribution in [3.63, 3.8) is 0 Å². The maximum Gasteiger partial charge on any atom is 0.268 e. The van der Waals surface area contributed by atoms with E-state index in [1.54, 1.807) is 0 Å². The molecule has 0 fully saturated rings. The molecule has 0 spiro atoms. The number of ether oxygens (including phenoxy) is 1. The third kappa shape index (κ3) is 2.89. The van der Waals surface area contributed by atoms with Crippen LogP contribution < -0.4 is 15.4 Å². The highest BCUT2D eigenvalue weighted by atomic mass is 16.5. The Labute approximate surface area is 114 Å². The number of anilines is 1. The smallest absolute Gasteiger partial charge is 0.268 e. The molecule has 1 atom stereocenters. The van der Waals surface area contributed by atoms with Crippen LogP contribution in [0.3, 0.4) is 0 Å². The molecule has 0 bridgehead atoms. The summed E-state index contributed by atoms with van der Waals surface area (Å²) in [6.45, 7) is 5.37. The topological polar surface area (TPSA) is 55.6 Å². The summed E-state index contributed by atoms with van der Waals surface area (Å²) in [6.07, 6.45) is 2.20. The number of fused-ring (bicyclic) bond motifs is 1. The highest BCUT2D eigenvalue weighted by molar-refractivity contribution is 6.00. The third-order valence-corrected chi connectivity index (χ3v) is 3.42. The Hall–Kier alpha value is -1.55. The van der Waals surface area contributed by atoms with Gasteiger partial charge in [0.15, 0.2) is 6.10 Å². The molecule has 4 heteroatoms. The van der Waals surface area contributed by atoms with Crippen molar-refractivity contribution in [2.75, 3.05) is 18.0 Å². The second kappa shape index (κ2) is 6.06. The maximum absolute atomic E-state index is 12.4. The summed E-state index contributed by atoms with van der Waals surface area (Å²) in [7, 11) is 0. The van der Waals surface area contributed by atoms with E-state index in [2.05, 4.69) is 0 Å². The average Bonchev–Trinajstić information content (AvgIpc) is 2.41. The lowest BCUT2D eigenvalue weighted by Gasteiger charge is -2.34. The van der Waals surface area contributed by atoms with Crippen molar-refractivity contribution >= 4 is 11.6 Å². The van der Waals surface area contributed by atoms with Crippen molar-refractivity contribution in [3.05, 3.63) is 23.8 Å². The van der Waals surface area contributed by atoms with Crippen molar-refractivity contribution in [1.82, 2.24) is 0 Å². The molecule has 19 heavy (non-hydrogen) atoms. The summed E-state index contributed by atoms with van der Waals surface area (Å²) in [4.78, 5) is 14.3. The Bertz CT molecular complexity index is 459. The summed E-state index contributed by atoms with van der Waals surface area (Å²) in [5, 5.41) is 0. The molecule has 0 radical (unpaired) electrons. The van der Waals surface area contributed by atoms with Crippen molar-refractivity contribution in [2.45, 2.75) is 39.2 Å². The maximum atomic E-state index is 12.4. The fourth-order valence-electron chi connectivity index (χ4n) is 2.34. The number of nitrogens with two attached hydrogens (primary N) is 1. The van der Waals surface area contributed by atoms with Gasteiger partial charge in [0.2, 0.25) is 0 Å². The lowest BCUT2D eigenvalue weighted by molar-refractivity contribution is -0.126. The van der Waals surface area contributed by atoms with Crippen LogP contribution in [0.1, 0.15) is 31.7 Å². The second-order valence-corrected chi connectivity index (χ2v) is 4.97. The lowest BCUT2D eigenvalue weighted by Crippen LogP contribution is -2.46. The van der Waals surface area contributed by atoms with Crippen LogP contribution in [0.4, 0.5) is 5.69 Å². The number of carbonyl (C=O) groups excluding carboxylic acids is 1. The molecule has 1 aromatic carbocycles. The number of rotatable bonds is 5. The minimum Gasteiger partial charge on any atom is -0.478 e. The van der Waals surface area contributed by atoms with E-state index in [0.717, 1.165) is 29.8 Å². The molecule has 4 nitrogen and oxygen atoms in total. The molecule has 1 amide bonds. The highest BCUT2D eigenvalue weighted by Gasteiger charge is 2.32. The molecule has 0 aliphatic carbocycles. The normalized spacial score (nSPS) is 18.2. The summed E-state index contributed by atoms with van der Waals surface area (Å²) >= 11 is 0. The zero-order chi connectivity index (χ0) is 13.8. The Balaban J connectivity index is 2.27. The third-order valence-electron chi connectivity index (χ3n) is 3.42. The van der Waals surface area contributed by atoms with Gasteiger partial charge in [-0.15, -0.1) is 0 Å². The Morgan fingerprint density at radius 1 is 1.37 bits per heavy atom. The van der Waals surface area contributed by atoms with Gasteiger partial charge in [-0.2, -0.15) is 0 Å². The molecule has 1 heterocycles. The van der Waals surface area contributed by atoms with Gasteiger partial charge in [0.05, 0.1) is 5.69 Å². The van der Waals surface area contributed by atoms with Gasteiger partial charge in [0.25, 0.3) is 5.91 Å². The van der Waals surface area contributed by atoms with E-state index in [9.17, 15) is 4.79 Å². The molecule has 1 aliphatic heterocycles. The van der Waals surface area contributed by atoms with Crippen molar-refractivity contribution in [1.29, 1.82) is 0 Å². The number of hydrogen-bond donors (Lipinski definition) is 1. The number of aryl methyl sites for hydroxylation is 1. The fourth-order valence-corrected chi connectivity index (χ4v) is 2.34. The highest BCUT2D eigenvalue weighted by Crippen LogP contribution is 2.35. The number of carbonyl (C=O) groups is 1. The van der Waals surface area contributed by atoms with Crippen LogP contribution in [-0.2, 0) is 4.79 Å². The largest absolute Gasteiger partial charge is 0.478 e. The van der Waals surface area contributed by atoms with Crippen LogP contribution in [0, 0.1) is 6.92 Å². The fraction of sp³-hybridized carbons (Fsp3) is 0.533. The minimum atomic E-state index is -0.354. The molecule has 2 rings (SSSR count). The molecule has 1 aliphatic rings. The Kier molecular flexibility index (Phi) is 4.43. The molecule has 104 valence electrons. The van der Waals surface area contributed by atoms with Gasteiger partial charge >= 0.3 is 0 Å². The van der Waals surface area contributed by atoms with Crippen LogP contribution in [-0.4, -0.2) is 25.1 Å². The van der Waals surface area contributed by atoms with Crippen molar-refractivity contribution in [2.24, 2.45) is 5.73 Å². The molecule has 0 aromatic heterocycles. The quantitative estimate of drug-likeness (QED) is 0.828. The standard InChI is InChI=1S/C15H22N2O2/c1-3-13-15(18)17(9-5-4-8-16)12-10-11(2)6-7-14(12)19-13/h6-7,10,13H,3-5,8-9,16H2,1-2H3. The summed E-state index contributed by atoms with van der Waals surface area (Å²) in [6, 6.07) is 5.98. The number of nitrogens with zero attached hydrogens (tertiary/aromatic N) is 1. The molecule has 0 saturated heterocycles. The lowest BCUT2D eigenvalue weighted by atomic mass is 10.1. The average molecular weight is 262 g/mol. The van der Waals surface area contributed by atoms with Gasteiger partial charge in [-0.25, -0.2) is 0 Å². The monoisotopic (exact) mass is 262 g/mol. The summed E-state index contributed by atoms with van der Waals surface area (Å²) < 4.78 is 5.77. The van der Waals surface area contributed by atoms with Crippen LogP contribution >= 0.6 is 0 Å². The van der Waals surface area contributed by atoms with Gasteiger partial charge in [-0.3, -0.25) is 4.79 Å². The van der Waals surface area contributed by atoms with Gasteiger partial charge < -0.3 is 15.4 Å². The summed E-state index contributed by atoms with van der Waals surface area (Å²) in [5.74, 6) is 0.877. The van der Waals surface area contributed by atoms with Crippen molar-refractivity contribution in [3.8, 4) is 5.75 Å². The van der Waals surface area contributed by atoms with E-state index >= 15 is 0 Å². The molecular formula is C15H22N2O2. The van der Waals surface area contributed by atoms with E-state index in [4.69, 9.17) is 10.5 Å². The van der Waals surface area contributed by atoms with E-state index in [1.165, 1.54) is 0 Å². The first kappa shape index (κ1) is 13.9. The molecule has 0 saturated carbocycles. The van der Waals surface area contributed by atoms with Crippen LogP contribution in [0.2, 0.25) is 0 Å². The van der Waals surface area contributed by atoms with E-state index in [0.29, 0.717) is 19.5 Å². The minimum absolute atomic E-state index is 0.0672. The van der Waals surface area contributed by atoms with Crippen molar-refractivity contribution < 1.29 is 9.53 Å². The van der Waals surface area contributed by atoms with Gasteiger partial charge in [-0.05, 0) is 50.4 Å². The number of benzene rings is 1. The zero-order valence-corrected chi connectivity index (χ0v) is 11.7. The molecule has 1 aromatic rings. The van der Waals surface area contributed by atoms with Gasteiger partial charge in [0.1, 0.15) is 5.75 Å². The first-order valence-corrected chi connectivity index (χ1v) is 6.96. The predicted octanol–water partition coefficient (Wildman–Crippen LogP) is 2.24. The predicted molar refractivity (Wildman–Crippen MR) is 76.5 cm³/mol. The van der Waals surface area contributed by atoms with Crippen LogP contribution in [0.15, 0.2) is 18.2 Å². The Morgan fingerprint density at radius 3 is 2.84 bits per heavy atom. The molecule has 2 N–H and O–H groups in total. The van der Waals surface area contributed by atoms with Gasteiger partial charge in [-0.1, -0.05) is 13.0 Å². The SMILES string of the molecule is CCC1Oc2ccc(C)cc2N(CCCCN)C1=O. The van der Waals surface area contributed by atoms with Gasteiger partial charge in [0, 0.05) is 6.54 Å².